The molecule has 2 amide bonds. The van der Waals surface area contributed by atoms with E-state index in [1.165, 1.54) is 6.26 Å². The highest BCUT2D eigenvalue weighted by Crippen LogP contribution is 2.27. The largest absolute Gasteiger partial charge is 0.493 e. The average Bonchev–Trinajstić information content (AvgIpc) is 3.16. The van der Waals surface area contributed by atoms with E-state index in [1.807, 2.05) is 23.1 Å². The smallest absolute Gasteiger partial charge is 0.276 e. The van der Waals surface area contributed by atoms with E-state index in [4.69, 9.17) is 9.15 Å². The van der Waals surface area contributed by atoms with Gasteiger partial charge in [-0.05, 0) is 44.2 Å². The van der Waals surface area contributed by atoms with Crippen LogP contribution in [-0.4, -0.2) is 46.9 Å². The molecule has 7 heteroatoms. The van der Waals surface area contributed by atoms with Crippen molar-refractivity contribution in [1.29, 1.82) is 0 Å². The van der Waals surface area contributed by atoms with Crippen LogP contribution in [0.2, 0.25) is 0 Å². The number of hydrogen-bond donors (Lipinski definition) is 1. The minimum absolute atomic E-state index is 0.0512. The quantitative estimate of drug-likeness (QED) is 0.798. The zero-order valence-corrected chi connectivity index (χ0v) is 16.7. The molecule has 7 nitrogen and oxygen atoms in total. The first-order chi connectivity index (χ1) is 14.1. The second-order valence-electron chi connectivity index (χ2n) is 7.73. The Morgan fingerprint density at radius 2 is 2.03 bits per heavy atom. The molecule has 0 spiro atoms. The maximum Gasteiger partial charge on any atom is 0.276 e. The van der Waals surface area contributed by atoms with Crippen molar-refractivity contribution in [1.82, 2.24) is 15.2 Å². The second kappa shape index (κ2) is 8.68. The fourth-order valence-electron chi connectivity index (χ4n) is 4.28. The van der Waals surface area contributed by atoms with Crippen LogP contribution in [0.5, 0.6) is 5.75 Å². The molecular weight excluding hydrogens is 370 g/mol. The van der Waals surface area contributed by atoms with Gasteiger partial charge in [-0.1, -0.05) is 18.6 Å². The van der Waals surface area contributed by atoms with Gasteiger partial charge in [-0.3, -0.25) is 9.59 Å². The molecule has 2 aromatic rings. The number of nitrogens with one attached hydrogen (secondary N) is 1. The number of carbonyl (C=O) groups is 2. The lowest BCUT2D eigenvalue weighted by Crippen LogP contribution is -2.57. The van der Waals surface area contributed by atoms with Gasteiger partial charge in [-0.2, -0.15) is 0 Å². The number of benzene rings is 1. The Morgan fingerprint density at radius 1 is 1.17 bits per heavy atom. The molecule has 29 heavy (non-hydrogen) atoms. The lowest BCUT2D eigenvalue weighted by Gasteiger charge is -2.41. The van der Waals surface area contributed by atoms with E-state index in [0.717, 1.165) is 38.5 Å². The summed E-state index contributed by atoms with van der Waals surface area (Å²) in [6.07, 6.45) is 6.86. The van der Waals surface area contributed by atoms with Gasteiger partial charge in [0.25, 0.3) is 11.8 Å². The van der Waals surface area contributed by atoms with Crippen LogP contribution >= 0.6 is 0 Å². The number of rotatable bonds is 1. The third-order valence-corrected chi connectivity index (χ3v) is 5.73. The highest BCUT2D eigenvalue weighted by molar-refractivity contribution is 5.97. The van der Waals surface area contributed by atoms with Crippen LogP contribution < -0.4 is 10.1 Å². The molecule has 2 atom stereocenters. The lowest BCUT2D eigenvalue weighted by molar-refractivity contribution is 0.0499. The summed E-state index contributed by atoms with van der Waals surface area (Å²) >= 11 is 0. The minimum atomic E-state index is -0.150. The molecule has 4 rings (SSSR count). The molecule has 0 aliphatic carbocycles. The molecule has 1 aromatic heterocycles. The van der Waals surface area contributed by atoms with Crippen LogP contribution in [0.25, 0.3) is 0 Å². The van der Waals surface area contributed by atoms with Crippen LogP contribution in [0, 0.1) is 6.92 Å². The van der Waals surface area contributed by atoms with Crippen molar-refractivity contribution in [2.75, 3.05) is 13.2 Å². The van der Waals surface area contributed by atoms with Crippen molar-refractivity contribution in [3.05, 3.63) is 47.7 Å². The molecule has 0 saturated carbocycles. The van der Waals surface area contributed by atoms with E-state index in [-0.39, 0.29) is 23.9 Å². The predicted molar refractivity (Wildman–Crippen MR) is 107 cm³/mol. The fraction of sp³-hybridized carbons (Fsp3) is 0.500. The Morgan fingerprint density at radius 3 is 2.86 bits per heavy atom. The number of piperidine rings is 1. The van der Waals surface area contributed by atoms with E-state index in [9.17, 15) is 9.59 Å². The molecule has 2 aliphatic heterocycles. The topological polar surface area (TPSA) is 84.7 Å². The van der Waals surface area contributed by atoms with Crippen LogP contribution in [0.3, 0.4) is 0 Å². The zero-order valence-electron chi connectivity index (χ0n) is 16.7. The van der Waals surface area contributed by atoms with Gasteiger partial charge >= 0.3 is 0 Å². The fourth-order valence-corrected chi connectivity index (χ4v) is 4.28. The third-order valence-electron chi connectivity index (χ3n) is 5.73. The molecule has 1 fully saturated rings. The molecule has 1 aromatic carbocycles. The SMILES string of the molecule is Cc1nc(C(=O)N2CCC[C@@H]3NC(=O)c4ccccc4OCCCCC[C@@H]32)co1. The first-order valence-corrected chi connectivity index (χ1v) is 10.4. The van der Waals surface area contributed by atoms with Crippen molar-refractivity contribution in [2.45, 2.75) is 57.5 Å². The Kier molecular flexibility index (Phi) is 5.83. The van der Waals surface area contributed by atoms with Crippen molar-refractivity contribution >= 4 is 11.8 Å². The zero-order chi connectivity index (χ0) is 20.2. The number of nitrogens with zero attached hydrogens (tertiary/aromatic N) is 2. The average molecular weight is 397 g/mol. The second-order valence-corrected chi connectivity index (χ2v) is 7.73. The van der Waals surface area contributed by atoms with Crippen LogP contribution in [-0.2, 0) is 0 Å². The van der Waals surface area contributed by atoms with Crippen LogP contribution in [0.1, 0.15) is 65.3 Å². The maximum absolute atomic E-state index is 13.1. The molecule has 1 saturated heterocycles. The summed E-state index contributed by atoms with van der Waals surface area (Å²) in [4.78, 5) is 32.2. The minimum Gasteiger partial charge on any atom is -0.493 e. The third kappa shape index (κ3) is 4.28. The van der Waals surface area contributed by atoms with E-state index in [1.54, 1.807) is 13.0 Å². The number of para-hydroxylation sites is 1. The van der Waals surface area contributed by atoms with Crippen molar-refractivity contribution < 1.29 is 18.7 Å². The Hall–Kier alpha value is -2.83. The van der Waals surface area contributed by atoms with Gasteiger partial charge in [0.15, 0.2) is 11.6 Å². The normalized spacial score (nSPS) is 22.9. The standard InChI is InChI=1S/C22H27N3O4/c1-15-23-18(14-29-15)22(27)25-12-7-9-17-19(25)10-3-2-6-13-28-20-11-5-4-8-16(20)21(26)24-17/h4-5,8,11,14,17,19H,2-3,6-7,9-10,12-13H2,1H3,(H,24,26)/t17-,19-/m0/s1. The molecule has 3 heterocycles. The van der Waals surface area contributed by atoms with E-state index < -0.39 is 0 Å². The number of hydrogen-bond acceptors (Lipinski definition) is 5. The Bertz CT molecular complexity index is 878. The van der Waals surface area contributed by atoms with Gasteiger partial charge in [0.1, 0.15) is 12.0 Å². The summed E-state index contributed by atoms with van der Waals surface area (Å²) in [6, 6.07) is 7.19. The number of fused-ring (bicyclic) bond motifs is 2. The summed E-state index contributed by atoms with van der Waals surface area (Å²) < 4.78 is 11.1. The van der Waals surface area contributed by atoms with Crippen molar-refractivity contribution in [3.63, 3.8) is 0 Å². The number of carbonyl (C=O) groups excluding carboxylic acids is 2. The summed E-state index contributed by atoms with van der Waals surface area (Å²) in [7, 11) is 0. The molecular formula is C22H27N3O4. The number of oxazole rings is 1. The van der Waals surface area contributed by atoms with Gasteiger partial charge in [-0.15, -0.1) is 0 Å². The number of likely N-dealkylation sites (tertiary alicyclic amines) is 1. The molecule has 2 aliphatic rings. The van der Waals surface area contributed by atoms with Crippen LogP contribution in [0.15, 0.2) is 34.9 Å². The summed E-state index contributed by atoms with van der Waals surface area (Å²) in [5.74, 6) is 0.818. The highest BCUT2D eigenvalue weighted by atomic mass is 16.5. The van der Waals surface area contributed by atoms with Gasteiger partial charge in [-0.25, -0.2) is 4.98 Å². The molecule has 0 radical (unpaired) electrons. The van der Waals surface area contributed by atoms with Gasteiger partial charge in [0, 0.05) is 19.5 Å². The summed E-state index contributed by atoms with van der Waals surface area (Å²) in [5, 5.41) is 3.18. The van der Waals surface area contributed by atoms with E-state index in [0.29, 0.717) is 36.0 Å². The Labute approximate surface area is 170 Å². The molecule has 154 valence electrons. The number of aromatic nitrogens is 1. The molecule has 0 bridgehead atoms. The summed E-state index contributed by atoms with van der Waals surface area (Å²) in [5.41, 5.74) is 0.877. The van der Waals surface area contributed by atoms with Crippen molar-refractivity contribution in [3.8, 4) is 5.75 Å². The first kappa shape index (κ1) is 19.5. The van der Waals surface area contributed by atoms with Gasteiger partial charge in [0.05, 0.1) is 18.2 Å². The number of aryl methyl sites for hydroxylation is 1. The van der Waals surface area contributed by atoms with Crippen LogP contribution in [0.4, 0.5) is 0 Å². The Balaban J connectivity index is 1.60. The van der Waals surface area contributed by atoms with E-state index in [2.05, 4.69) is 10.3 Å². The monoisotopic (exact) mass is 397 g/mol. The van der Waals surface area contributed by atoms with Gasteiger partial charge < -0.3 is 19.4 Å². The first-order valence-electron chi connectivity index (χ1n) is 10.4. The molecule has 1 N–H and O–H groups in total. The summed E-state index contributed by atoms with van der Waals surface area (Å²) in [6.45, 7) is 2.98. The van der Waals surface area contributed by atoms with Crippen molar-refractivity contribution in [2.24, 2.45) is 0 Å². The van der Waals surface area contributed by atoms with E-state index >= 15 is 0 Å². The number of amides is 2. The lowest BCUT2D eigenvalue weighted by atomic mass is 9.91. The molecule has 0 unspecified atom stereocenters. The highest BCUT2D eigenvalue weighted by Gasteiger charge is 2.36. The number of ether oxygens (including phenoxy) is 1. The predicted octanol–water partition coefficient (Wildman–Crippen LogP) is 3.34. The maximum atomic E-state index is 13.1. The van der Waals surface area contributed by atoms with Gasteiger partial charge in [0.2, 0.25) is 0 Å².